The van der Waals surface area contributed by atoms with Crippen LogP contribution in [0.5, 0.6) is 5.75 Å². The van der Waals surface area contributed by atoms with Gasteiger partial charge in [-0.15, -0.1) is 10.2 Å². The fourth-order valence-corrected chi connectivity index (χ4v) is 6.94. The number of ether oxygens (including phenoxy) is 1. The van der Waals surface area contributed by atoms with Gasteiger partial charge in [-0.3, -0.25) is 14.8 Å². The Morgan fingerprint density at radius 3 is 2.52 bits per heavy atom. The number of halogens is 4. The molecule has 16 heteroatoms. The summed E-state index contributed by atoms with van der Waals surface area (Å²) in [6, 6.07) is 8.37. The van der Waals surface area contributed by atoms with Crippen molar-refractivity contribution in [3.8, 4) is 5.75 Å². The summed E-state index contributed by atoms with van der Waals surface area (Å²) in [5.41, 5.74) is 3.36. The third kappa shape index (κ3) is 6.30. The Bertz CT molecular complexity index is 1910. The first-order valence-corrected chi connectivity index (χ1v) is 15.4. The maximum Gasteiger partial charge on any atom is 0.493 e. The molecule has 4 unspecified atom stereocenters. The third-order valence-corrected chi connectivity index (χ3v) is 9.81. The molecule has 12 nitrogen and oxygen atoms in total. The summed E-state index contributed by atoms with van der Waals surface area (Å²) in [6.07, 6.45) is 0.252. The summed E-state index contributed by atoms with van der Waals surface area (Å²) >= 11 is 0. The molecule has 48 heavy (non-hydrogen) atoms. The summed E-state index contributed by atoms with van der Waals surface area (Å²) in [5, 5.41) is 8.62. The standard InChI is InChI=1S/C32H34F4N8O4/c1-18-24-11-20(31(24,2)3)12-27(18)44(48-29(46)32(34,35)36)30(41-43-16-38-39-17-43)40-21-6-8-23-26(13-21)37-15-42(28(23)45)10-9-19-5-7-22(47-4)14-25(19)33/h5-8,13-18,20,24,27H,9-12H2,1-4H3,(H,40,41). The predicted molar refractivity (Wildman–Crippen MR) is 166 cm³/mol. The second-order valence-electron chi connectivity index (χ2n) is 12.8. The lowest BCUT2D eigenvalue weighted by Crippen LogP contribution is -2.63. The number of benzene rings is 2. The highest BCUT2D eigenvalue weighted by Gasteiger charge is 2.59. The van der Waals surface area contributed by atoms with Crippen LogP contribution in [-0.4, -0.2) is 60.7 Å². The Morgan fingerprint density at radius 1 is 1.12 bits per heavy atom. The van der Waals surface area contributed by atoms with Gasteiger partial charge in [-0.1, -0.05) is 26.8 Å². The van der Waals surface area contributed by atoms with Gasteiger partial charge in [0, 0.05) is 12.6 Å². The number of hydrogen-bond donors (Lipinski definition) is 1. The number of methoxy groups -OCH3 is 1. The maximum atomic E-state index is 14.4. The van der Waals surface area contributed by atoms with E-state index in [0.717, 1.165) is 11.5 Å². The van der Waals surface area contributed by atoms with Crippen molar-refractivity contribution in [3.05, 3.63) is 77.1 Å². The van der Waals surface area contributed by atoms with Gasteiger partial charge in [-0.25, -0.2) is 23.8 Å². The molecule has 4 aromatic rings. The van der Waals surface area contributed by atoms with E-state index in [0.29, 0.717) is 17.7 Å². The van der Waals surface area contributed by atoms with Crippen LogP contribution < -0.4 is 15.7 Å². The van der Waals surface area contributed by atoms with Gasteiger partial charge in [0.25, 0.3) is 11.5 Å². The molecule has 7 rings (SSSR count). The fraction of sp³-hybridized carbons (Fsp3) is 0.438. The molecule has 3 aliphatic carbocycles. The maximum absolute atomic E-state index is 14.4. The molecule has 0 radical (unpaired) electrons. The van der Waals surface area contributed by atoms with E-state index in [1.165, 1.54) is 59.6 Å². The van der Waals surface area contributed by atoms with E-state index >= 15 is 0 Å². The minimum absolute atomic E-state index is 0.00561. The number of carbonyl (C=O) groups excluding carboxylic acids is 1. The molecule has 2 aromatic heterocycles. The van der Waals surface area contributed by atoms with Gasteiger partial charge in [0.15, 0.2) is 0 Å². The number of fused-ring (bicyclic) bond motifs is 3. The monoisotopic (exact) mass is 670 g/mol. The summed E-state index contributed by atoms with van der Waals surface area (Å²) in [5.74, 6) is -2.43. The highest BCUT2D eigenvalue weighted by molar-refractivity contribution is 5.91. The van der Waals surface area contributed by atoms with Gasteiger partial charge in [-0.05, 0) is 72.3 Å². The lowest BCUT2D eigenvalue weighted by molar-refractivity contribution is -0.245. The molecule has 254 valence electrons. The molecule has 1 N–H and O–H groups in total. The number of alkyl halides is 3. The lowest BCUT2D eigenvalue weighted by Gasteiger charge is -2.62. The Hall–Kier alpha value is -5.02. The molecule has 2 heterocycles. The molecule has 3 saturated carbocycles. The van der Waals surface area contributed by atoms with Gasteiger partial charge in [0.2, 0.25) is 0 Å². The molecule has 0 saturated heterocycles. The van der Waals surface area contributed by atoms with Gasteiger partial charge in [-0.2, -0.15) is 18.2 Å². The van der Waals surface area contributed by atoms with Gasteiger partial charge < -0.3 is 9.57 Å². The van der Waals surface area contributed by atoms with Crippen molar-refractivity contribution in [3.63, 3.8) is 0 Å². The average molecular weight is 671 g/mol. The van der Waals surface area contributed by atoms with Crippen LogP contribution in [0.3, 0.4) is 0 Å². The molecule has 2 bridgehead atoms. The molecule has 3 fully saturated rings. The summed E-state index contributed by atoms with van der Waals surface area (Å²) in [4.78, 5) is 39.6. The van der Waals surface area contributed by atoms with Gasteiger partial charge in [0.1, 0.15) is 24.2 Å². The minimum Gasteiger partial charge on any atom is -0.497 e. The fourth-order valence-electron chi connectivity index (χ4n) is 6.94. The largest absolute Gasteiger partial charge is 0.497 e. The molecule has 4 atom stereocenters. The molecule has 0 spiro atoms. The zero-order valence-corrected chi connectivity index (χ0v) is 26.6. The van der Waals surface area contributed by atoms with Crippen molar-refractivity contribution >= 4 is 28.5 Å². The van der Waals surface area contributed by atoms with Gasteiger partial charge >= 0.3 is 12.1 Å². The van der Waals surface area contributed by atoms with Crippen LogP contribution in [0, 0.1) is 29.0 Å². The van der Waals surface area contributed by atoms with Crippen LogP contribution in [0.2, 0.25) is 0 Å². The number of nitrogens with zero attached hydrogens (tertiary/aromatic N) is 7. The number of nitrogens with one attached hydrogen (secondary N) is 1. The van der Waals surface area contributed by atoms with Crippen molar-refractivity contribution in [2.45, 2.75) is 58.8 Å². The third-order valence-electron chi connectivity index (χ3n) is 9.81. The van der Waals surface area contributed by atoms with Crippen LogP contribution in [0.15, 0.2) is 65.2 Å². The lowest BCUT2D eigenvalue weighted by atomic mass is 9.44. The Kier molecular flexibility index (Phi) is 8.60. The van der Waals surface area contributed by atoms with Crippen molar-refractivity contribution in [1.29, 1.82) is 0 Å². The van der Waals surface area contributed by atoms with Crippen molar-refractivity contribution in [1.82, 2.24) is 29.5 Å². The number of aliphatic imine (C=N–C) groups is 1. The first kappa shape index (κ1) is 32.9. The van der Waals surface area contributed by atoms with E-state index in [-0.39, 0.29) is 64.2 Å². The zero-order valence-electron chi connectivity index (χ0n) is 26.6. The Morgan fingerprint density at radius 2 is 1.88 bits per heavy atom. The first-order valence-electron chi connectivity index (χ1n) is 15.4. The Balaban J connectivity index is 1.33. The van der Waals surface area contributed by atoms with Crippen LogP contribution in [0.1, 0.15) is 39.2 Å². The van der Waals surface area contributed by atoms with Crippen molar-refractivity contribution in [2.24, 2.45) is 28.2 Å². The second-order valence-corrected chi connectivity index (χ2v) is 12.8. The number of aromatic nitrogens is 5. The van der Waals surface area contributed by atoms with E-state index in [9.17, 15) is 27.2 Å². The highest BCUT2D eigenvalue weighted by atomic mass is 19.4. The van der Waals surface area contributed by atoms with Crippen molar-refractivity contribution in [2.75, 3.05) is 12.5 Å². The summed E-state index contributed by atoms with van der Waals surface area (Å²) in [7, 11) is 1.44. The number of guanidine groups is 1. The number of carbonyl (C=O) groups is 1. The van der Waals surface area contributed by atoms with Crippen LogP contribution >= 0.6 is 0 Å². The predicted octanol–water partition coefficient (Wildman–Crippen LogP) is 5.00. The summed E-state index contributed by atoms with van der Waals surface area (Å²) in [6.45, 7) is 6.38. The Labute approximate surface area is 272 Å². The van der Waals surface area contributed by atoms with Crippen molar-refractivity contribution < 1.29 is 31.9 Å². The quantitative estimate of drug-likeness (QED) is 0.125. The number of rotatable bonds is 7. The average Bonchev–Trinajstić information content (AvgIpc) is 3.56. The van der Waals surface area contributed by atoms with Crippen LogP contribution in [-0.2, 0) is 22.6 Å². The van der Waals surface area contributed by atoms with E-state index in [2.05, 4.69) is 39.4 Å². The molecular weight excluding hydrogens is 636 g/mol. The molecule has 0 amide bonds. The zero-order chi connectivity index (χ0) is 34.4. The summed E-state index contributed by atoms with van der Waals surface area (Å²) < 4.78 is 62.7. The van der Waals surface area contributed by atoms with Gasteiger partial charge in [0.05, 0.1) is 36.1 Å². The second kappa shape index (κ2) is 12.5. The first-order chi connectivity index (χ1) is 22.8. The molecule has 3 aliphatic rings. The topological polar surface area (TPSA) is 129 Å². The number of hydrogen-bond acceptors (Lipinski definition) is 8. The minimum atomic E-state index is -5.26. The normalized spacial score (nSPS) is 21.8. The highest BCUT2D eigenvalue weighted by Crippen LogP contribution is 2.62. The van der Waals surface area contributed by atoms with E-state index in [1.54, 1.807) is 12.1 Å². The van der Waals surface area contributed by atoms with Crippen LogP contribution in [0.4, 0.5) is 23.2 Å². The molecule has 2 aromatic carbocycles. The number of hydroxylamine groups is 2. The molecule has 0 aliphatic heterocycles. The smallest absolute Gasteiger partial charge is 0.493 e. The van der Waals surface area contributed by atoms with E-state index in [1.807, 2.05) is 6.92 Å². The van der Waals surface area contributed by atoms with E-state index < -0.39 is 24.0 Å². The van der Waals surface area contributed by atoms with Crippen LogP contribution in [0.25, 0.3) is 10.9 Å². The van der Waals surface area contributed by atoms with E-state index in [4.69, 9.17) is 9.57 Å². The number of aryl methyl sites for hydroxylation is 2. The SMILES string of the molecule is COc1ccc(CCn2cnc3cc(N=C(Nn4cnnc4)N(OC(=O)C(F)(F)F)C4CC5CC(C4C)C5(C)C)ccc3c2=O)c(F)c1. The molecular formula is C32H34F4N8O4.